The molecule has 1 unspecified atom stereocenters. The molecule has 12 heteroatoms. The molecule has 48 heavy (non-hydrogen) atoms. The highest BCUT2D eigenvalue weighted by Gasteiger charge is 2.36. The zero-order valence-electron chi connectivity index (χ0n) is 27.1. The maximum Gasteiger partial charge on any atom is 0.264 e. The molecule has 2 amide bonds. The molecule has 0 bridgehead atoms. The lowest BCUT2D eigenvalue weighted by Crippen LogP contribution is -2.56. The zero-order chi connectivity index (χ0) is 35.1. The van der Waals surface area contributed by atoms with Gasteiger partial charge >= 0.3 is 0 Å². The monoisotopic (exact) mass is 729 g/mol. The van der Waals surface area contributed by atoms with E-state index in [0.29, 0.717) is 20.6 Å². The number of hydrogen-bond acceptors (Lipinski definition) is 5. The Morgan fingerprint density at radius 2 is 1.48 bits per heavy atom. The van der Waals surface area contributed by atoms with Crippen LogP contribution in [0.25, 0.3) is 0 Å². The molecule has 0 spiro atoms. The molecule has 1 N–H and O–H groups in total. The summed E-state index contributed by atoms with van der Waals surface area (Å²) in [5.41, 5.74) is 0.863. The maximum absolute atomic E-state index is 14.7. The van der Waals surface area contributed by atoms with Crippen LogP contribution in [0.1, 0.15) is 38.8 Å². The van der Waals surface area contributed by atoms with Gasteiger partial charge in [0.05, 0.1) is 17.2 Å². The summed E-state index contributed by atoms with van der Waals surface area (Å²) in [4.78, 5) is 30.1. The maximum atomic E-state index is 14.7. The second-order valence-corrected chi connectivity index (χ2v) is 15.2. The molecule has 0 aromatic heterocycles. The molecule has 0 radical (unpaired) electrons. The van der Waals surface area contributed by atoms with Gasteiger partial charge in [0.25, 0.3) is 10.0 Å². The van der Waals surface area contributed by atoms with Crippen LogP contribution in [-0.2, 0) is 32.6 Å². The van der Waals surface area contributed by atoms with Gasteiger partial charge in [0.15, 0.2) is 0 Å². The first kappa shape index (κ1) is 37.1. The molecule has 0 saturated carbocycles. The number of rotatable bonds is 13. The lowest BCUT2D eigenvalue weighted by Gasteiger charge is -2.35. The van der Waals surface area contributed by atoms with Crippen LogP contribution in [0.3, 0.4) is 0 Å². The fourth-order valence-corrected chi connectivity index (χ4v) is 7.05. The number of anilines is 1. The van der Waals surface area contributed by atoms with Crippen LogP contribution >= 0.6 is 34.8 Å². The Labute approximate surface area is 297 Å². The summed E-state index contributed by atoms with van der Waals surface area (Å²) in [7, 11) is -4.36. The lowest BCUT2D eigenvalue weighted by atomic mass is 10.0. The van der Waals surface area contributed by atoms with Crippen LogP contribution in [0.4, 0.5) is 5.69 Å². The van der Waals surface area contributed by atoms with Crippen LogP contribution < -0.4 is 14.4 Å². The van der Waals surface area contributed by atoms with E-state index in [-0.39, 0.29) is 35.9 Å². The molecular weight excluding hydrogens is 693 g/mol. The van der Waals surface area contributed by atoms with Crippen molar-refractivity contribution in [3.05, 3.63) is 123 Å². The smallest absolute Gasteiger partial charge is 0.264 e. The van der Waals surface area contributed by atoms with Crippen molar-refractivity contribution in [1.29, 1.82) is 0 Å². The van der Waals surface area contributed by atoms with Gasteiger partial charge < -0.3 is 15.0 Å². The third-order valence-electron chi connectivity index (χ3n) is 7.24. The molecule has 0 aliphatic carbocycles. The van der Waals surface area contributed by atoms with Crippen LogP contribution in [0.15, 0.2) is 102 Å². The van der Waals surface area contributed by atoms with Crippen molar-refractivity contribution in [3.63, 3.8) is 0 Å². The fourth-order valence-electron chi connectivity index (χ4n) is 5.03. The highest BCUT2D eigenvalue weighted by atomic mass is 35.5. The number of benzene rings is 4. The minimum absolute atomic E-state index is 0.0791. The van der Waals surface area contributed by atoms with E-state index >= 15 is 0 Å². The summed E-state index contributed by atoms with van der Waals surface area (Å²) in [6.45, 7) is 6.81. The Balaban J connectivity index is 1.87. The summed E-state index contributed by atoms with van der Waals surface area (Å²) >= 11 is 18.9. The Morgan fingerprint density at radius 3 is 2.10 bits per heavy atom. The normalized spacial score (nSPS) is 12.2. The highest BCUT2D eigenvalue weighted by Crippen LogP contribution is 2.33. The van der Waals surface area contributed by atoms with Gasteiger partial charge in [0.2, 0.25) is 11.8 Å². The molecule has 8 nitrogen and oxygen atoms in total. The highest BCUT2D eigenvalue weighted by molar-refractivity contribution is 7.92. The van der Waals surface area contributed by atoms with Gasteiger partial charge in [-0.1, -0.05) is 83.3 Å². The van der Waals surface area contributed by atoms with E-state index in [4.69, 9.17) is 39.5 Å². The van der Waals surface area contributed by atoms with E-state index in [1.54, 1.807) is 49.4 Å². The SMILES string of the molecule is CCOc1ccccc1N(CC(=O)N(Cc1ccc(Cl)cc1Cl)C(Cc1ccccc1)C(=O)NC(C)(C)C)S(=O)(=O)c1ccc(Cl)cc1. The largest absolute Gasteiger partial charge is 0.492 e. The Hall–Kier alpha value is -3.76. The van der Waals surface area contributed by atoms with E-state index < -0.39 is 40.0 Å². The summed E-state index contributed by atoms with van der Waals surface area (Å²) < 4.78 is 35.5. The van der Waals surface area contributed by atoms with Gasteiger partial charge in [-0.2, -0.15) is 0 Å². The topological polar surface area (TPSA) is 96.0 Å². The van der Waals surface area contributed by atoms with Gasteiger partial charge in [-0.3, -0.25) is 13.9 Å². The van der Waals surface area contributed by atoms with Gasteiger partial charge in [-0.15, -0.1) is 0 Å². The van der Waals surface area contributed by atoms with Crippen LogP contribution in [0, 0.1) is 0 Å². The number of carbonyl (C=O) groups excluding carboxylic acids is 2. The molecule has 4 rings (SSSR count). The van der Waals surface area contributed by atoms with E-state index in [2.05, 4.69) is 5.32 Å². The van der Waals surface area contributed by atoms with E-state index in [9.17, 15) is 18.0 Å². The van der Waals surface area contributed by atoms with Gasteiger partial charge in [-0.25, -0.2) is 8.42 Å². The Bertz CT molecular complexity index is 1830. The number of nitrogens with zero attached hydrogens (tertiary/aromatic N) is 2. The predicted octanol–water partition coefficient (Wildman–Crippen LogP) is 7.80. The van der Waals surface area contributed by atoms with Crippen molar-refractivity contribution in [2.24, 2.45) is 0 Å². The second-order valence-electron chi connectivity index (χ2n) is 12.1. The number of para-hydroxylation sites is 2. The number of sulfonamides is 1. The van der Waals surface area contributed by atoms with Gasteiger partial charge in [0.1, 0.15) is 18.3 Å². The van der Waals surface area contributed by atoms with Crippen molar-refractivity contribution < 1.29 is 22.7 Å². The molecular formula is C36H38Cl3N3O5S. The van der Waals surface area contributed by atoms with E-state index in [1.807, 2.05) is 51.1 Å². The third-order valence-corrected chi connectivity index (χ3v) is 9.85. The lowest BCUT2D eigenvalue weighted by molar-refractivity contribution is -0.140. The number of halogens is 3. The van der Waals surface area contributed by atoms with Crippen molar-refractivity contribution in [3.8, 4) is 5.75 Å². The van der Waals surface area contributed by atoms with Crippen LogP contribution in [0.2, 0.25) is 15.1 Å². The zero-order valence-corrected chi connectivity index (χ0v) is 30.2. The molecule has 0 saturated heterocycles. The molecule has 4 aromatic carbocycles. The average molecular weight is 731 g/mol. The standard InChI is InChI=1S/C36H38Cl3N3O5S/c1-5-47-33-14-10-9-13-31(33)42(48(45,46)29-19-17-27(37)18-20-29)24-34(43)41(23-26-15-16-28(38)22-30(26)39)32(35(44)40-36(2,3)4)21-25-11-7-6-8-12-25/h6-20,22,32H,5,21,23-24H2,1-4H3,(H,40,44). The number of amides is 2. The molecule has 4 aromatic rings. The first-order valence-electron chi connectivity index (χ1n) is 15.3. The molecule has 0 aliphatic heterocycles. The molecule has 0 aliphatic rings. The van der Waals surface area contributed by atoms with Gasteiger partial charge in [0, 0.05) is 33.6 Å². The molecule has 0 heterocycles. The molecule has 1 atom stereocenters. The predicted molar refractivity (Wildman–Crippen MR) is 192 cm³/mol. The van der Waals surface area contributed by atoms with E-state index in [1.165, 1.54) is 29.2 Å². The molecule has 254 valence electrons. The number of nitrogens with one attached hydrogen (secondary N) is 1. The number of ether oxygens (including phenoxy) is 1. The Kier molecular flexibility index (Phi) is 12.4. The number of carbonyl (C=O) groups is 2. The quantitative estimate of drug-likeness (QED) is 0.152. The summed E-state index contributed by atoms with van der Waals surface area (Å²) in [6, 6.07) is 25.4. The van der Waals surface area contributed by atoms with Crippen molar-refractivity contribution in [2.75, 3.05) is 17.5 Å². The van der Waals surface area contributed by atoms with Crippen molar-refractivity contribution in [1.82, 2.24) is 10.2 Å². The van der Waals surface area contributed by atoms with Crippen LogP contribution in [-0.4, -0.2) is 49.9 Å². The average Bonchev–Trinajstić information content (AvgIpc) is 3.02. The summed E-state index contributed by atoms with van der Waals surface area (Å²) in [5.74, 6) is -0.787. The van der Waals surface area contributed by atoms with E-state index in [0.717, 1.165) is 9.87 Å². The minimum Gasteiger partial charge on any atom is -0.492 e. The second kappa shape index (κ2) is 16.1. The number of hydrogen-bond donors (Lipinski definition) is 1. The van der Waals surface area contributed by atoms with Crippen molar-refractivity contribution >= 4 is 62.3 Å². The fraction of sp³-hybridized carbons (Fsp3) is 0.278. The van der Waals surface area contributed by atoms with Crippen LogP contribution in [0.5, 0.6) is 5.75 Å². The third kappa shape index (κ3) is 9.66. The Morgan fingerprint density at radius 1 is 0.854 bits per heavy atom. The first-order valence-corrected chi connectivity index (χ1v) is 17.9. The van der Waals surface area contributed by atoms with Crippen molar-refractivity contribution in [2.45, 2.75) is 57.1 Å². The summed E-state index contributed by atoms with van der Waals surface area (Å²) in [5, 5.41) is 4.06. The first-order chi connectivity index (χ1) is 22.7. The minimum atomic E-state index is -4.36. The van der Waals surface area contributed by atoms with Gasteiger partial charge in [-0.05, 0) is 87.4 Å². The molecule has 0 fully saturated rings. The summed E-state index contributed by atoms with van der Waals surface area (Å²) in [6.07, 6.45) is 0.152.